The lowest BCUT2D eigenvalue weighted by Gasteiger charge is -2.52. The van der Waals surface area contributed by atoms with Gasteiger partial charge in [-0.15, -0.1) is 0 Å². The molecule has 0 bridgehead atoms. The van der Waals surface area contributed by atoms with E-state index in [2.05, 4.69) is 6.92 Å². The Hall–Kier alpha value is -0.330. The summed E-state index contributed by atoms with van der Waals surface area (Å²) in [5, 5.41) is 0. The van der Waals surface area contributed by atoms with Crippen molar-refractivity contribution in [2.75, 3.05) is 0 Å². The van der Waals surface area contributed by atoms with Gasteiger partial charge in [0, 0.05) is 12.3 Å². The molecule has 1 heteroatoms. The monoisotopic (exact) mass is 260 g/mol. The van der Waals surface area contributed by atoms with Gasteiger partial charge in [-0.1, -0.05) is 13.3 Å². The van der Waals surface area contributed by atoms with Crippen molar-refractivity contribution in [3.63, 3.8) is 0 Å². The Labute approximate surface area is 117 Å². The Morgan fingerprint density at radius 3 is 2.42 bits per heavy atom. The van der Waals surface area contributed by atoms with E-state index in [0.29, 0.717) is 11.7 Å². The smallest absolute Gasteiger partial charge is 0.136 e. The molecule has 0 radical (unpaired) electrons. The molecule has 0 aliphatic heterocycles. The topological polar surface area (TPSA) is 17.1 Å². The molecule has 0 amide bonds. The quantitative estimate of drug-likeness (QED) is 0.628. The molecule has 0 heterocycles. The highest BCUT2D eigenvalue weighted by molar-refractivity contribution is 5.83. The molecule has 106 valence electrons. The van der Waals surface area contributed by atoms with Crippen LogP contribution in [-0.2, 0) is 4.79 Å². The summed E-state index contributed by atoms with van der Waals surface area (Å²) in [5.74, 6) is 6.88. The molecule has 4 saturated carbocycles. The molecule has 1 nitrogen and oxygen atoms in total. The van der Waals surface area contributed by atoms with E-state index in [-0.39, 0.29) is 0 Å². The number of Topliss-reactive ketones (excluding diaryl/α,β-unsaturated/α-hetero) is 1. The molecule has 0 N–H and O–H groups in total. The zero-order valence-electron chi connectivity index (χ0n) is 12.3. The minimum absolute atomic E-state index is 0.486. The first-order valence-electron chi connectivity index (χ1n) is 8.76. The first-order valence-corrected chi connectivity index (χ1v) is 8.76. The van der Waals surface area contributed by atoms with E-state index in [9.17, 15) is 4.79 Å². The summed E-state index contributed by atoms with van der Waals surface area (Å²) in [6.07, 6.45) is 12.2. The predicted molar refractivity (Wildman–Crippen MR) is 76.7 cm³/mol. The van der Waals surface area contributed by atoms with E-state index in [4.69, 9.17) is 0 Å². The summed E-state index contributed by atoms with van der Waals surface area (Å²) in [5.41, 5.74) is 0. The minimum atomic E-state index is 0.486. The summed E-state index contributed by atoms with van der Waals surface area (Å²) in [4.78, 5) is 12.0. The second kappa shape index (κ2) is 4.60. The molecule has 0 aromatic rings. The van der Waals surface area contributed by atoms with Gasteiger partial charge in [-0.25, -0.2) is 0 Å². The Morgan fingerprint density at radius 1 is 0.789 bits per heavy atom. The van der Waals surface area contributed by atoms with Gasteiger partial charge >= 0.3 is 0 Å². The maximum atomic E-state index is 12.0. The zero-order valence-corrected chi connectivity index (χ0v) is 12.3. The molecule has 0 aromatic carbocycles. The molecule has 4 rings (SSSR count). The third kappa shape index (κ3) is 1.91. The third-order valence-electron chi connectivity index (χ3n) is 7.29. The standard InChI is InChI=1S/C18H28O/c1-11-2-4-13-12(10-11)3-5-15-14(13)6-7-17-16(15)8-9-18(17)19/h11-17H,2-10H2,1H3. The van der Waals surface area contributed by atoms with Crippen molar-refractivity contribution in [2.24, 2.45) is 41.4 Å². The lowest BCUT2D eigenvalue weighted by atomic mass is 9.53. The maximum Gasteiger partial charge on any atom is 0.136 e. The van der Waals surface area contributed by atoms with Gasteiger partial charge in [0.15, 0.2) is 0 Å². The van der Waals surface area contributed by atoms with Crippen LogP contribution in [0.3, 0.4) is 0 Å². The normalized spacial score (nSPS) is 53.3. The van der Waals surface area contributed by atoms with Crippen molar-refractivity contribution >= 4 is 5.78 Å². The summed E-state index contributed by atoms with van der Waals surface area (Å²) in [7, 11) is 0. The highest BCUT2D eigenvalue weighted by Gasteiger charge is 2.51. The van der Waals surface area contributed by atoms with E-state index < -0.39 is 0 Å². The summed E-state index contributed by atoms with van der Waals surface area (Å²) in [6, 6.07) is 0. The average Bonchev–Trinajstić information content (AvgIpc) is 2.80. The molecule has 4 aliphatic rings. The lowest BCUT2D eigenvalue weighted by Crippen LogP contribution is -2.44. The second-order valence-corrected chi connectivity index (χ2v) is 8.10. The van der Waals surface area contributed by atoms with E-state index in [1.807, 2.05) is 0 Å². The van der Waals surface area contributed by atoms with Crippen molar-refractivity contribution in [1.29, 1.82) is 0 Å². The largest absolute Gasteiger partial charge is 0.299 e. The molecule has 0 saturated heterocycles. The Balaban J connectivity index is 1.54. The van der Waals surface area contributed by atoms with Crippen molar-refractivity contribution in [3.8, 4) is 0 Å². The molecule has 0 aromatic heterocycles. The fraction of sp³-hybridized carbons (Fsp3) is 0.944. The number of carbonyl (C=O) groups is 1. The van der Waals surface area contributed by atoms with Crippen LogP contribution in [0.2, 0.25) is 0 Å². The Bertz CT molecular complexity index is 374. The van der Waals surface area contributed by atoms with Gasteiger partial charge < -0.3 is 0 Å². The zero-order chi connectivity index (χ0) is 13.0. The van der Waals surface area contributed by atoms with Gasteiger partial charge in [-0.3, -0.25) is 4.79 Å². The number of hydrogen-bond donors (Lipinski definition) is 0. The van der Waals surface area contributed by atoms with Gasteiger partial charge in [0.1, 0.15) is 5.78 Å². The highest BCUT2D eigenvalue weighted by atomic mass is 16.1. The second-order valence-electron chi connectivity index (χ2n) is 8.10. The van der Waals surface area contributed by atoms with Gasteiger partial charge in [-0.2, -0.15) is 0 Å². The van der Waals surface area contributed by atoms with Crippen LogP contribution in [0.1, 0.15) is 64.7 Å². The van der Waals surface area contributed by atoms with Crippen LogP contribution in [0.4, 0.5) is 0 Å². The van der Waals surface area contributed by atoms with Crippen LogP contribution < -0.4 is 0 Å². The van der Waals surface area contributed by atoms with Crippen LogP contribution in [0.5, 0.6) is 0 Å². The number of fused-ring (bicyclic) bond motifs is 5. The lowest BCUT2D eigenvalue weighted by molar-refractivity contribution is -0.124. The highest BCUT2D eigenvalue weighted by Crippen LogP contribution is 2.57. The molecule has 19 heavy (non-hydrogen) atoms. The number of hydrogen-bond acceptors (Lipinski definition) is 1. The molecule has 4 fully saturated rings. The molecular formula is C18H28O. The van der Waals surface area contributed by atoms with Crippen molar-refractivity contribution < 1.29 is 4.79 Å². The number of carbonyl (C=O) groups excluding carboxylic acids is 1. The van der Waals surface area contributed by atoms with Gasteiger partial charge in [0.2, 0.25) is 0 Å². The minimum Gasteiger partial charge on any atom is -0.299 e. The Morgan fingerprint density at radius 2 is 1.53 bits per heavy atom. The number of ketones is 1. The first kappa shape index (κ1) is 12.4. The third-order valence-corrected chi connectivity index (χ3v) is 7.29. The van der Waals surface area contributed by atoms with Crippen molar-refractivity contribution in [3.05, 3.63) is 0 Å². The summed E-state index contributed by atoms with van der Waals surface area (Å²) < 4.78 is 0. The van der Waals surface area contributed by atoms with Crippen molar-refractivity contribution in [1.82, 2.24) is 0 Å². The van der Waals surface area contributed by atoms with E-state index in [1.54, 1.807) is 0 Å². The Kier molecular flexibility index (Phi) is 3.01. The summed E-state index contributed by atoms with van der Waals surface area (Å²) >= 11 is 0. The molecular weight excluding hydrogens is 232 g/mol. The molecule has 0 spiro atoms. The van der Waals surface area contributed by atoms with Crippen LogP contribution in [-0.4, -0.2) is 5.78 Å². The SMILES string of the molecule is CC1CCC2C(CCC3C4CCC(=O)C4CCC23)C1. The van der Waals surface area contributed by atoms with Crippen LogP contribution in [0.15, 0.2) is 0 Å². The number of rotatable bonds is 0. The van der Waals surface area contributed by atoms with E-state index >= 15 is 0 Å². The van der Waals surface area contributed by atoms with Gasteiger partial charge in [0.05, 0.1) is 0 Å². The van der Waals surface area contributed by atoms with Crippen LogP contribution in [0, 0.1) is 41.4 Å². The fourth-order valence-electron chi connectivity index (χ4n) is 6.51. The van der Waals surface area contributed by atoms with E-state index in [1.165, 1.54) is 51.4 Å². The first-order chi connectivity index (χ1) is 9.24. The van der Waals surface area contributed by atoms with Crippen LogP contribution in [0.25, 0.3) is 0 Å². The fourth-order valence-corrected chi connectivity index (χ4v) is 6.51. The molecule has 7 atom stereocenters. The van der Waals surface area contributed by atoms with Gasteiger partial charge in [0.25, 0.3) is 0 Å². The van der Waals surface area contributed by atoms with Crippen LogP contribution >= 0.6 is 0 Å². The molecule has 7 unspecified atom stereocenters. The predicted octanol–water partition coefficient (Wildman–Crippen LogP) is 4.45. The summed E-state index contributed by atoms with van der Waals surface area (Å²) in [6.45, 7) is 2.45. The van der Waals surface area contributed by atoms with Gasteiger partial charge in [-0.05, 0) is 80.5 Å². The average molecular weight is 260 g/mol. The van der Waals surface area contributed by atoms with E-state index in [0.717, 1.165) is 41.9 Å². The maximum absolute atomic E-state index is 12.0. The molecule has 4 aliphatic carbocycles. The van der Waals surface area contributed by atoms with Crippen molar-refractivity contribution in [2.45, 2.75) is 64.7 Å².